The number of hydrogen-bond donors (Lipinski definition) is 1. The minimum Gasteiger partial charge on any atom is -0.310 e. The van der Waals surface area contributed by atoms with Gasteiger partial charge >= 0.3 is 0 Å². The van der Waals surface area contributed by atoms with E-state index in [1.54, 1.807) is 12.1 Å². The highest BCUT2D eigenvalue weighted by Crippen LogP contribution is 2.19. The molecule has 1 N–H and O–H groups in total. The lowest BCUT2D eigenvalue weighted by atomic mass is 10.1. The van der Waals surface area contributed by atoms with Crippen LogP contribution in [-0.2, 0) is 6.54 Å². The molecule has 3 rings (SSSR count). The predicted molar refractivity (Wildman–Crippen MR) is 84.1 cm³/mol. The van der Waals surface area contributed by atoms with Gasteiger partial charge in [0.05, 0.1) is 0 Å². The second-order valence-corrected chi connectivity index (χ2v) is 5.34. The Hall–Kier alpha value is -2.37. The van der Waals surface area contributed by atoms with Crippen molar-refractivity contribution in [2.24, 2.45) is 0 Å². The Morgan fingerprint density at radius 2 is 1.52 bits per heavy atom. The number of carbonyl (C=O) groups excluding carboxylic acids is 1. The second kappa shape index (κ2) is 6.39. The highest BCUT2D eigenvalue weighted by Gasteiger charge is 2.19. The van der Waals surface area contributed by atoms with Crippen LogP contribution in [0.1, 0.15) is 39.9 Å². The van der Waals surface area contributed by atoms with Crippen molar-refractivity contribution in [3.63, 3.8) is 0 Å². The van der Waals surface area contributed by atoms with Crippen LogP contribution in [0.5, 0.6) is 0 Å². The van der Waals surface area contributed by atoms with Crippen LogP contribution < -0.4 is 5.32 Å². The summed E-state index contributed by atoms with van der Waals surface area (Å²) < 4.78 is 0. The fraction of sp³-hybridized carbons (Fsp3) is 0.211. The largest absolute Gasteiger partial charge is 0.310 e. The first kappa shape index (κ1) is 13.6. The first-order chi connectivity index (χ1) is 10.3. The average Bonchev–Trinajstić information content (AvgIpc) is 3.37. The molecule has 21 heavy (non-hydrogen) atoms. The maximum Gasteiger partial charge on any atom is 0.150 e. The number of aldehydes is 1. The third-order valence-corrected chi connectivity index (χ3v) is 3.52. The van der Waals surface area contributed by atoms with E-state index in [1.165, 1.54) is 18.4 Å². The molecule has 0 heterocycles. The van der Waals surface area contributed by atoms with Crippen LogP contribution in [0.15, 0.2) is 48.5 Å². The van der Waals surface area contributed by atoms with Crippen LogP contribution in [0.25, 0.3) is 0 Å². The molecular formula is C19H17NO. The van der Waals surface area contributed by atoms with Crippen LogP contribution in [0.3, 0.4) is 0 Å². The number of nitrogens with one attached hydrogen (secondary N) is 1. The molecule has 1 saturated carbocycles. The Morgan fingerprint density at radius 1 is 0.952 bits per heavy atom. The van der Waals surface area contributed by atoms with Gasteiger partial charge in [0.1, 0.15) is 6.29 Å². The van der Waals surface area contributed by atoms with E-state index < -0.39 is 0 Å². The molecule has 104 valence electrons. The third-order valence-electron chi connectivity index (χ3n) is 3.52. The standard InChI is InChI=1S/C19H17NO/c21-14-18-9-5-16(6-10-18)2-1-15-3-7-17(8-4-15)13-20-19-11-12-19/h3-10,14,19-20H,11-13H2. The van der Waals surface area contributed by atoms with Gasteiger partial charge in [-0.1, -0.05) is 36.1 Å². The van der Waals surface area contributed by atoms with Crippen molar-refractivity contribution in [2.45, 2.75) is 25.4 Å². The molecule has 1 aliphatic rings. The maximum absolute atomic E-state index is 10.6. The molecule has 1 aliphatic carbocycles. The highest BCUT2D eigenvalue weighted by atomic mass is 16.1. The second-order valence-electron chi connectivity index (χ2n) is 5.34. The fourth-order valence-electron chi connectivity index (χ4n) is 2.04. The highest BCUT2D eigenvalue weighted by molar-refractivity contribution is 5.74. The zero-order valence-electron chi connectivity index (χ0n) is 11.8. The molecule has 2 heteroatoms. The van der Waals surface area contributed by atoms with Crippen molar-refractivity contribution in [2.75, 3.05) is 0 Å². The van der Waals surface area contributed by atoms with E-state index in [0.717, 1.165) is 30.0 Å². The Bertz CT molecular complexity index is 670. The lowest BCUT2D eigenvalue weighted by molar-refractivity contribution is 0.112. The summed E-state index contributed by atoms with van der Waals surface area (Å²) in [6, 6.07) is 16.4. The molecule has 0 aliphatic heterocycles. The van der Waals surface area contributed by atoms with Gasteiger partial charge in [-0.2, -0.15) is 0 Å². The van der Waals surface area contributed by atoms with Gasteiger partial charge in [-0.15, -0.1) is 0 Å². The first-order valence-electron chi connectivity index (χ1n) is 7.23. The van der Waals surface area contributed by atoms with Crippen LogP contribution >= 0.6 is 0 Å². The monoisotopic (exact) mass is 275 g/mol. The lowest BCUT2D eigenvalue weighted by Gasteiger charge is -2.02. The Morgan fingerprint density at radius 3 is 2.05 bits per heavy atom. The molecule has 0 spiro atoms. The molecule has 0 radical (unpaired) electrons. The van der Waals surface area contributed by atoms with Gasteiger partial charge in [-0.3, -0.25) is 4.79 Å². The summed E-state index contributed by atoms with van der Waals surface area (Å²) in [5.41, 5.74) is 3.89. The maximum atomic E-state index is 10.6. The van der Waals surface area contributed by atoms with Gasteiger partial charge in [0.2, 0.25) is 0 Å². The van der Waals surface area contributed by atoms with Crippen LogP contribution in [-0.4, -0.2) is 12.3 Å². The van der Waals surface area contributed by atoms with E-state index in [0.29, 0.717) is 5.56 Å². The SMILES string of the molecule is O=Cc1ccc(C#Cc2ccc(CNC3CC3)cc2)cc1. The van der Waals surface area contributed by atoms with E-state index in [-0.39, 0.29) is 0 Å². The van der Waals surface area contributed by atoms with Crippen LogP contribution in [0, 0.1) is 11.8 Å². The van der Waals surface area contributed by atoms with Gasteiger partial charge in [0, 0.05) is 29.3 Å². The topological polar surface area (TPSA) is 29.1 Å². The normalized spacial score (nSPS) is 13.3. The molecule has 0 aromatic heterocycles. The lowest BCUT2D eigenvalue weighted by Crippen LogP contribution is -2.15. The molecule has 0 atom stereocenters. The number of benzene rings is 2. The zero-order valence-corrected chi connectivity index (χ0v) is 11.8. The van der Waals surface area contributed by atoms with E-state index in [2.05, 4.69) is 41.4 Å². The van der Waals surface area contributed by atoms with Crippen molar-refractivity contribution in [1.82, 2.24) is 5.32 Å². The number of carbonyl (C=O) groups is 1. The van der Waals surface area contributed by atoms with Crippen molar-refractivity contribution in [3.8, 4) is 11.8 Å². The smallest absolute Gasteiger partial charge is 0.150 e. The van der Waals surface area contributed by atoms with E-state index in [9.17, 15) is 4.79 Å². The van der Waals surface area contributed by atoms with Crippen molar-refractivity contribution in [1.29, 1.82) is 0 Å². The van der Waals surface area contributed by atoms with E-state index in [4.69, 9.17) is 0 Å². The minimum absolute atomic E-state index is 0.674. The Balaban J connectivity index is 1.63. The molecule has 0 saturated heterocycles. The number of hydrogen-bond acceptors (Lipinski definition) is 2. The minimum atomic E-state index is 0.674. The summed E-state index contributed by atoms with van der Waals surface area (Å²) in [6.45, 7) is 0.936. The molecule has 0 unspecified atom stereocenters. The Kier molecular flexibility index (Phi) is 4.14. The van der Waals surface area contributed by atoms with Gasteiger partial charge in [-0.25, -0.2) is 0 Å². The molecule has 2 aromatic carbocycles. The van der Waals surface area contributed by atoms with Crippen molar-refractivity contribution in [3.05, 3.63) is 70.8 Å². The summed E-state index contributed by atoms with van der Waals surface area (Å²) in [7, 11) is 0. The molecule has 1 fully saturated rings. The molecule has 2 nitrogen and oxygen atoms in total. The van der Waals surface area contributed by atoms with Gasteiger partial charge in [0.25, 0.3) is 0 Å². The van der Waals surface area contributed by atoms with Crippen molar-refractivity contribution >= 4 is 6.29 Å². The van der Waals surface area contributed by atoms with Crippen molar-refractivity contribution < 1.29 is 4.79 Å². The van der Waals surface area contributed by atoms with Crippen LogP contribution in [0.4, 0.5) is 0 Å². The summed E-state index contributed by atoms with van der Waals surface area (Å²) in [5, 5.41) is 3.50. The summed E-state index contributed by atoms with van der Waals surface area (Å²) in [6.07, 6.45) is 3.46. The average molecular weight is 275 g/mol. The summed E-state index contributed by atoms with van der Waals surface area (Å²) in [5.74, 6) is 6.25. The third kappa shape index (κ3) is 4.05. The Labute approximate surface area is 125 Å². The van der Waals surface area contributed by atoms with Gasteiger partial charge in [0.15, 0.2) is 0 Å². The zero-order chi connectivity index (χ0) is 14.5. The van der Waals surface area contributed by atoms with Gasteiger partial charge < -0.3 is 5.32 Å². The molecule has 2 aromatic rings. The molecular weight excluding hydrogens is 258 g/mol. The van der Waals surface area contributed by atoms with Gasteiger partial charge in [-0.05, 0) is 42.7 Å². The predicted octanol–water partition coefficient (Wildman–Crippen LogP) is 3.15. The van der Waals surface area contributed by atoms with E-state index in [1.807, 2.05) is 12.1 Å². The fourth-order valence-corrected chi connectivity index (χ4v) is 2.04. The first-order valence-corrected chi connectivity index (χ1v) is 7.23. The summed E-state index contributed by atoms with van der Waals surface area (Å²) in [4.78, 5) is 10.6. The van der Waals surface area contributed by atoms with E-state index >= 15 is 0 Å². The van der Waals surface area contributed by atoms with Crippen LogP contribution in [0.2, 0.25) is 0 Å². The molecule has 0 amide bonds. The molecule has 0 bridgehead atoms. The number of rotatable bonds is 4. The summed E-state index contributed by atoms with van der Waals surface area (Å²) >= 11 is 0. The quantitative estimate of drug-likeness (QED) is 0.686.